The third kappa shape index (κ3) is 6.66. The number of aromatic amines is 2. The fraction of sp³-hybridized carbons (Fsp3) is 0.415. The van der Waals surface area contributed by atoms with E-state index in [4.69, 9.17) is 19.4 Å². The van der Waals surface area contributed by atoms with Gasteiger partial charge >= 0.3 is 12.2 Å². The maximum absolute atomic E-state index is 12.9. The van der Waals surface area contributed by atoms with Gasteiger partial charge < -0.3 is 19.4 Å². The number of carbonyl (C=O) groups is 2. The molecule has 10 nitrogen and oxygen atoms in total. The second-order valence-corrected chi connectivity index (χ2v) is 17.5. The zero-order chi connectivity index (χ0) is 36.4. The van der Waals surface area contributed by atoms with Crippen LogP contribution in [0.1, 0.15) is 84.9 Å². The molecule has 2 N–H and O–H groups in total. The molecule has 52 heavy (non-hydrogen) atoms. The SMILES string of the molecule is CC(C)(C)OC(=O)N1CCC[C@@]2(c3ncc(-c4ccc(-c5ccc(-c6ccc7nc([C@@H]8CCCN8C(=O)OC(C)(C)C)[nH]c7c6)cc5)cc4)[nH]3)SC12. The summed E-state index contributed by atoms with van der Waals surface area (Å²) in [5.41, 5.74) is 7.28. The van der Waals surface area contributed by atoms with Gasteiger partial charge in [-0.05, 0) is 107 Å². The molecule has 0 aliphatic carbocycles. The molecule has 3 fully saturated rings. The number of nitrogens with one attached hydrogen (secondary N) is 2. The van der Waals surface area contributed by atoms with E-state index < -0.39 is 11.2 Å². The lowest BCUT2D eigenvalue weighted by molar-refractivity contribution is 0.0185. The Labute approximate surface area is 308 Å². The standard InChI is InChI=1S/C41H46N6O4S/c1-39(2,3)50-37(48)46-21-7-9-33(46)34-43-30-19-18-29(23-31(30)44-34)27-12-10-25(11-13-27)26-14-16-28(17-15-26)32-24-42-35(45-32)41-20-8-22-47(36(41)52-41)38(49)51-40(4,5)6/h10-19,23-24,33,36H,7-9,20-22H2,1-6H3,(H,42,45)(H,43,44)/t33-,36?,41-/m0/s1. The van der Waals surface area contributed by atoms with E-state index >= 15 is 0 Å². The number of rotatable bonds is 5. The molecule has 3 aliphatic heterocycles. The van der Waals surface area contributed by atoms with Crippen molar-refractivity contribution in [3.63, 3.8) is 0 Å². The van der Waals surface area contributed by atoms with E-state index in [2.05, 4.69) is 70.6 Å². The second kappa shape index (κ2) is 12.7. The third-order valence-electron chi connectivity index (χ3n) is 9.94. The summed E-state index contributed by atoms with van der Waals surface area (Å²) in [4.78, 5) is 46.2. The summed E-state index contributed by atoms with van der Waals surface area (Å²) in [5.74, 6) is 1.73. The zero-order valence-electron chi connectivity index (χ0n) is 30.7. The maximum Gasteiger partial charge on any atom is 0.411 e. The van der Waals surface area contributed by atoms with E-state index in [-0.39, 0.29) is 28.3 Å². The molecule has 3 saturated heterocycles. The Bertz CT molecular complexity index is 2130. The highest BCUT2D eigenvalue weighted by Gasteiger charge is 2.64. The number of benzene rings is 3. The molecular formula is C41H46N6O4S. The van der Waals surface area contributed by atoms with Crippen molar-refractivity contribution in [2.75, 3.05) is 13.1 Å². The van der Waals surface area contributed by atoms with Crippen molar-refractivity contribution in [3.8, 4) is 33.5 Å². The highest BCUT2D eigenvalue weighted by Crippen LogP contribution is 2.66. The molecule has 0 radical (unpaired) electrons. The fourth-order valence-corrected chi connectivity index (χ4v) is 8.91. The monoisotopic (exact) mass is 718 g/mol. The van der Waals surface area contributed by atoms with Crippen molar-refractivity contribution in [2.45, 2.75) is 94.6 Å². The minimum atomic E-state index is -0.540. The van der Waals surface area contributed by atoms with E-state index in [0.29, 0.717) is 13.1 Å². The van der Waals surface area contributed by atoms with E-state index in [0.717, 1.165) is 81.9 Å². The number of H-pyrrole nitrogens is 2. The first kappa shape index (κ1) is 34.3. The largest absolute Gasteiger partial charge is 0.444 e. The Balaban J connectivity index is 0.938. The van der Waals surface area contributed by atoms with Gasteiger partial charge in [0.15, 0.2) is 0 Å². The summed E-state index contributed by atoms with van der Waals surface area (Å²) in [5, 5.41) is 0.0491. The van der Waals surface area contributed by atoms with Gasteiger partial charge in [0.05, 0.1) is 29.0 Å². The average Bonchev–Trinajstić information content (AvgIpc) is 3.49. The predicted octanol–water partition coefficient (Wildman–Crippen LogP) is 9.66. The van der Waals surface area contributed by atoms with Gasteiger partial charge in [-0.3, -0.25) is 9.80 Å². The topological polar surface area (TPSA) is 116 Å². The van der Waals surface area contributed by atoms with E-state index in [1.54, 1.807) is 16.7 Å². The Morgan fingerprint density at radius 2 is 1.35 bits per heavy atom. The molecule has 2 aromatic heterocycles. The number of amides is 2. The summed E-state index contributed by atoms with van der Waals surface area (Å²) in [6.07, 6.45) is 5.04. The van der Waals surface area contributed by atoms with Gasteiger partial charge in [0.2, 0.25) is 0 Å². The maximum atomic E-state index is 12.9. The van der Waals surface area contributed by atoms with Crippen molar-refractivity contribution >= 4 is 35.0 Å². The van der Waals surface area contributed by atoms with Gasteiger partial charge in [0.1, 0.15) is 33.0 Å². The number of aromatic nitrogens is 4. The first-order valence-corrected chi connectivity index (χ1v) is 19.1. The number of fused-ring (bicyclic) bond motifs is 2. The van der Waals surface area contributed by atoms with E-state index in [9.17, 15) is 9.59 Å². The van der Waals surface area contributed by atoms with E-state index in [1.807, 2.05) is 58.7 Å². The summed E-state index contributed by atoms with van der Waals surface area (Å²) < 4.78 is 11.2. The number of likely N-dealkylation sites (tertiary alicyclic amines) is 2. The molecule has 2 amide bonds. The molecule has 11 heteroatoms. The first-order valence-electron chi connectivity index (χ1n) is 18.2. The minimum absolute atomic E-state index is 0.0491. The van der Waals surface area contributed by atoms with Crippen LogP contribution in [0.3, 0.4) is 0 Å². The van der Waals surface area contributed by atoms with Crippen molar-refractivity contribution in [1.82, 2.24) is 29.7 Å². The fourth-order valence-electron chi connectivity index (χ4n) is 7.43. The van der Waals surface area contributed by atoms with Gasteiger partial charge in [-0.15, -0.1) is 11.8 Å². The molecule has 270 valence electrons. The van der Waals surface area contributed by atoms with Crippen LogP contribution >= 0.6 is 11.8 Å². The lowest BCUT2D eigenvalue weighted by atomic mass is 9.97. The summed E-state index contributed by atoms with van der Waals surface area (Å²) in [7, 11) is 0. The van der Waals surface area contributed by atoms with Crippen LogP contribution in [0.4, 0.5) is 9.59 Å². The van der Waals surface area contributed by atoms with Crippen LogP contribution in [0.2, 0.25) is 0 Å². The molecule has 5 heterocycles. The smallest absolute Gasteiger partial charge is 0.411 e. The molecule has 0 spiro atoms. The molecule has 3 aliphatic rings. The summed E-state index contributed by atoms with van der Waals surface area (Å²) >= 11 is 1.79. The van der Waals surface area contributed by atoms with Crippen LogP contribution in [-0.2, 0) is 14.2 Å². The lowest BCUT2D eigenvalue weighted by Crippen LogP contribution is -2.44. The molecule has 8 rings (SSSR count). The Morgan fingerprint density at radius 1 is 0.769 bits per heavy atom. The number of imidazole rings is 2. The van der Waals surface area contributed by atoms with Gasteiger partial charge in [0.25, 0.3) is 0 Å². The molecule has 5 aromatic rings. The minimum Gasteiger partial charge on any atom is -0.444 e. The number of hydrogen-bond acceptors (Lipinski definition) is 7. The van der Waals surface area contributed by atoms with Crippen molar-refractivity contribution < 1.29 is 19.1 Å². The molecule has 0 bridgehead atoms. The van der Waals surface area contributed by atoms with Gasteiger partial charge in [-0.1, -0.05) is 54.6 Å². The number of piperidine rings is 1. The number of nitrogens with zero attached hydrogens (tertiary/aromatic N) is 4. The Kier molecular flexibility index (Phi) is 8.40. The molecule has 0 saturated carbocycles. The van der Waals surface area contributed by atoms with Gasteiger partial charge in [-0.25, -0.2) is 19.6 Å². The van der Waals surface area contributed by atoms with Gasteiger partial charge in [0, 0.05) is 13.1 Å². The lowest BCUT2D eigenvalue weighted by Gasteiger charge is -2.31. The summed E-state index contributed by atoms with van der Waals surface area (Å²) in [6, 6.07) is 23.3. The van der Waals surface area contributed by atoms with E-state index in [1.165, 1.54) is 0 Å². The van der Waals surface area contributed by atoms with Crippen LogP contribution in [0.5, 0.6) is 0 Å². The number of ether oxygens (including phenoxy) is 2. The van der Waals surface area contributed by atoms with Crippen LogP contribution in [-0.4, -0.2) is 71.6 Å². The zero-order valence-corrected chi connectivity index (χ0v) is 31.5. The molecule has 1 unspecified atom stereocenters. The quantitative estimate of drug-likeness (QED) is 0.174. The first-order chi connectivity index (χ1) is 24.8. The molecule has 3 aromatic carbocycles. The number of hydrogen-bond donors (Lipinski definition) is 2. The Hall–Kier alpha value is -4.77. The van der Waals surface area contributed by atoms with Crippen molar-refractivity contribution in [1.29, 1.82) is 0 Å². The predicted molar refractivity (Wildman–Crippen MR) is 205 cm³/mol. The normalized spacial score (nSPS) is 21.7. The van der Waals surface area contributed by atoms with Crippen molar-refractivity contribution in [2.24, 2.45) is 0 Å². The molecule has 3 atom stereocenters. The van der Waals surface area contributed by atoms with Crippen LogP contribution in [0, 0.1) is 0 Å². The highest BCUT2D eigenvalue weighted by molar-refractivity contribution is 8.08. The van der Waals surface area contributed by atoms with Crippen molar-refractivity contribution in [3.05, 3.63) is 84.6 Å². The summed E-state index contributed by atoms with van der Waals surface area (Å²) in [6.45, 7) is 12.8. The number of carbonyl (C=O) groups excluding carboxylic acids is 2. The number of thioether (sulfide) groups is 1. The third-order valence-corrected chi connectivity index (χ3v) is 11.6. The van der Waals surface area contributed by atoms with Crippen LogP contribution in [0.15, 0.2) is 72.9 Å². The highest BCUT2D eigenvalue weighted by atomic mass is 32.2. The average molecular weight is 719 g/mol. The Morgan fingerprint density at radius 3 is 2.00 bits per heavy atom. The van der Waals surface area contributed by atoms with Gasteiger partial charge in [-0.2, -0.15) is 0 Å². The van der Waals surface area contributed by atoms with Crippen LogP contribution in [0.25, 0.3) is 44.5 Å². The van der Waals surface area contributed by atoms with Crippen LogP contribution < -0.4 is 0 Å². The molecular weight excluding hydrogens is 673 g/mol. The second-order valence-electron chi connectivity index (χ2n) is 16.1.